The van der Waals surface area contributed by atoms with Gasteiger partial charge in [0.25, 0.3) is 0 Å². The molecule has 1 heterocycles. The number of anilines is 2. The molecule has 4 nitrogen and oxygen atoms in total. The zero-order valence-corrected chi connectivity index (χ0v) is 13.5. The zero-order chi connectivity index (χ0) is 15.8. The van der Waals surface area contributed by atoms with Gasteiger partial charge in [0.15, 0.2) is 5.13 Å². The third-order valence-electron chi connectivity index (χ3n) is 2.93. The minimum Gasteiger partial charge on any atom is -0.481 e. The van der Waals surface area contributed by atoms with E-state index in [0.29, 0.717) is 10.8 Å². The number of rotatable bonds is 4. The number of benzene rings is 1. The van der Waals surface area contributed by atoms with Gasteiger partial charge in [-0.3, -0.25) is 4.79 Å². The summed E-state index contributed by atoms with van der Waals surface area (Å²) >= 11 is 4.01. The highest BCUT2D eigenvalue weighted by atomic mass is 79.9. The van der Waals surface area contributed by atoms with Gasteiger partial charge in [-0.25, -0.2) is 13.8 Å². The van der Waals surface area contributed by atoms with Crippen LogP contribution in [-0.2, 0) is 10.2 Å². The van der Waals surface area contributed by atoms with Crippen molar-refractivity contribution in [3.63, 3.8) is 0 Å². The van der Waals surface area contributed by atoms with Crippen molar-refractivity contribution in [1.82, 2.24) is 4.98 Å². The van der Waals surface area contributed by atoms with E-state index >= 15 is 0 Å². The van der Waals surface area contributed by atoms with Crippen molar-refractivity contribution >= 4 is 44.1 Å². The highest BCUT2D eigenvalue weighted by molar-refractivity contribution is 9.10. The number of nitrogens with zero attached hydrogens (tertiary/aromatic N) is 1. The average molecular weight is 377 g/mol. The normalized spacial score (nSPS) is 11.5. The molecule has 2 aromatic rings. The molecule has 0 fully saturated rings. The number of hydrogen-bond acceptors (Lipinski definition) is 4. The number of halogens is 3. The molecular formula is C13H11BrF2N2O2S. The van der Waals surface area contributed by atoms with Crippen LogP contribution >= 0.6 is 27.3 Å². The maximum absolute atomic E-state index is 13.7. The Morgan fingerprint density at radius 1 is 1.38 bits per heavy atom. The van der Waals surface area contributed by atoms with Crippen LogP contribution in [0.2, 0.25) is 0 Å². The number of thiazole rings is 1. The Bertz CT molecular complexity index is 703. The van der Waals surface area contributed by atoms with E-state index in [4.69, 9.17) is 5.11 Å². The summed E-state index contributed by atoms with van der Waals surface area (Å²) < 4.78 is 27.1. The van der Waals surface area contributed by atoms with E-state index in [0.717, 1.165) is 23.5 Å². The molecule has 8 heteroatoms. The fourth-order valence-corrected chi connectivity index (χ4v) is 2.67. The summed E-state index contributed by atoms with van der Waals surface area (Å²) in [5.41, 5.74) is -0.870. The van der Waals surface area contributed by atoms with Crippen molar-refractivity contribution < 1.29 is 18.7 Å². The maximum Gasteiger partial charge on any atom is 0.315 e. The van der Waals surface area contributed by atoms with E-state index in [2.05, 4.69) is 26.2 Å². The molecule has 0 saturated heterocycles. The molecule has 2 rings (SSSR count). The third kappa shape index (κ3) is 3.21. The van der Waals surface area contributed by atoms with Crippen LogP contribution in [0, 0.1) is 11.6 Å². The van der Waals surface area contributed by atoms with Gasteiger partial charge >= 0.3 is 5.97 Å². The topological polar surface area (TPSA) is 62.2 Å². The van der Waals surface area contributed by atoms with Crippen LogP contribution in [0.3, 0.4) is 0 Å². The first-order chi connectivity index (χ1) is 9.71. The lowest BCUT2D eigenvalue weighted by Gasteiger charge is -2.15. The summed E-state index contributed by atoms with van der Waals surface area (Å²) in [5.74, 6) is -2.26. The minimum atomic E-state index is -1.15. The average Bonchev–Trinajstić information content (AvgIpc) is 2.85. The highest BCUT2D eigenvalue weighted by Gasteiger charge is 2.32. The van der Waals surface area contributed by atoms with E-state index < -0.39 is 23.0 Å². The van der Waals surface area contributed by atoms with Crippen LogP contribution < -0.4 is 5.32 Å². The summed E-state index contributed by atoms with van der Waals surface area (Å²) in [4.78, 5) is 15.3. The van der Waals surface area contributed by atoms with E-state index in [1.807, 2.05) is 0 Å². The highest BCUT2D eigenvalue weighted by Crippen LogP contribution is 2.31. The summed E-state index contributed by atoms with van der Waals surface area (Å²) in [5, 5.41) is 13.6. The Morgan fingerprint density at radius 3 is 2.67 bits per heavy atom. The Hall–Kier alpha value is -1.54. The van der Waals surface area contributed by atoms with E-state index in [9.17, 15) is 13.6 Å². The smallest absolute Gasteiger partial charge is 0.315 e. The van der Waals surface area contributed by atoms with Crippen LogP contribution in [0.1, 0.15) is 19.5 Å². The van der Waals surface area contributed by atoms with Gasteiger partial charge in [0.2, 0.25) is 0 Å². The maximum atomic E-state index is 13.7. The van der Waals surface area contributed by atoms with Gasteiger partial charge in [-0.05, 0) is 35.8 Å². The van der Waals surface area contributed by atoms with Gasteiger partial charge in [0.1, 0.15) is 17.0 Å². The molecule has 0 unspecified atom stereocenters. The first-order valence-electron chi connectivity index (χ1n) is 5.83. The van der Waals surface area contributed by atoms with Crippen molar-refractivity contribution in [2.24, 2.45) is 0 Å². The van der Waals surface area contributed by atoms with Gasteiger partial charge in [0, 0.05) is 11.4 Å². The first-order valence-corrected chi connectivity index (χ1v) is 7.50. The van der Waals surface area contributed by atoms with Crippen molar-refractivity contribution in [3.05, 3.63) is 39.3 Å². The molecule has 0 saturated carbocycles. The first kappa shape index (κ1) is 15.8. The Balaban J connectivity index is 2.28. The molecule has 0 bridgehead atoms. The minimum absolute atomic E-state index is 0.0254. The second-order valence-electron chi connectivity index (χ2n) is 4.84. The Kier molecular flexibility index (Phi) is 4.29. The molecule has 1 aromatic heterocycles. The zero-order valence-electron chi connectivity index (χ0n) is 11.1. The summed E-state index contributed by atoms with van der Waals surface area (Å²) in [6.07, 6.45) is 0. The summed E-state index contributed by atoms with van der Waals surface area (Å²) in [6, 6.07) is 2.01. The van der Waals surface area contributed by atoms with Crippen molar-refractivity contribution in [2.45, 2.75) is 19.3 Å². The largest absolute Gasteiger partial charge is 0.481 e. The van der Waals surface area contributed by atoms with E-state index in [1.165, 1.54) is 13.8 Å². The van der Waals surface area contributed by atoms with Gasteiger partial charge < -0.3 is 10.4 Å². The number of aromatic nitrogens is 1. The second-order valence-corrected chi connectivity index (χ2v) is 6.55. The fourth-order valence-electron chi connectivity index (χ4n) is 1.46. The Labute approximate surface area is 132 Å². The summed E-state index contributed by atoms with van der Waals surface area (Å²) in [7, 11) is 0. The quantitative estimate of drug-likeness (QED) is 0.781. The van der Waals surface area contributed by atoms with Crippen molar-refractivity contribution in [1.29, 1.82) is 0 Å². The molecule has 1 aromatic carbocycles. The lowest BCUT2D eigenvalue weighted by Crippen LogP contribution is -2.28. The van der Waals surface area contributed by atoms with Crippen LogP contribution in [0.15, 0.2) is 22.0 Å². The van der Waals surface area contributed by atoms with Gasteiger partial charge in [-0.1, -0.05) is 0 Å². The molecule has 0 amide bonds. The molecule has 0 aliphatic heterocycles. The molecule has 112 valence electrons. The van der Waals surface area contributed by atoms with Crippen LogP contribution in [0.5, 0.6) is 0 Å². The lowest BCUT2D eigenvalue weighted by molar-refractivity contribution is -0.142. The molecule has 0 atom stereocenters. The molecule has 21 heavy (non-hydrogen) atoms. The number of carbonyl (C=O) groups is 1. The molecule has 0 spiro atoms. The third-order valence-corrected chi connectivity index (χ3v) is 4.30. The SMILES string of the molecule is CC(C)(C(=O)O)c1csc(Nc2cc(F)c(Br)cc2F)n1. The predicted octanol–water partition coefficient (Wildman–Crippen LogP) is 4.29. The molecular weight excluding hydrogens is 366 g/mol. The van der Waals surface area contributed by atoms with Gasteiger partial charge in [0.05, 0.1) is 15.9 Å². The number of hydrogen-bond donors (Lipinski definition) is 2. The van der Waals surface area contributed by atoms with Crippen molar-refractivity contribution in [2.75, 3.05) is 5.32 Å². The van der Waals surface area contributed by atoms with E-state index in [1.54, 1.807) is 5.38 Å². The van der Waals surface area contributed by atoms with Crippen LogP contribution in [0.25, 0.3) is 0 Å². The van der Waals surface area contributed by atoms with Gasteiger partial charge in [-0.15, -0.1) is 11.3 Å². The molecule has 0 aliphatic rings. The number of carboxylic acid groups (broad SMARTS) is 1. The Morgan fingerprint density at radius 2 is 2.05 bits per heavy atom. The van der Waals surface area contributed by atoms with E-state index in [-0.39, 0.29) is 10.2 Å². The van der Waals surface area contributed by atoms with Crippen LogP contribution in [-0.4, -0.2) is 16.1 Å². The second kappa shape index (κ2) is 5.69. The van der Waals surface area contributed by atoms with Crippen LogP contribution in [0.4, 0.5) is 19.6 Å². The number of nitrogens with one attached hydrogen (secondary N) is 1. The van der Waals surface area contributed by atoms with Gasteiger partial charge in [-0.2, -0.15) is 0 Å². The monoisotopic (exact) mass is 376 g/mol. The molecule has 0 aliphatic carbocycles. The number of carboxylic acids is 1. The lowest BCUT2D eigenvalue weighted by atomic mass is 9.90. The van der Waals surface area contributed by atoms with Crippen molar-refractivity contribution in [3.8, 4) is 0 Å². The molecule has 2 N–H and O–H groups in total. The molecule has 0 radical (unpaired) electrons. The standard InChI is InChI=1S/C13H11BrF2N2O2S/c1-13(2,11(19)20)10-5-21-12(18-10)17-9-4-7(15)6(14)3-8(9)16/h3-5H,1-2H3,(H,17,18)(H,19,20). The number of aliphatic carboxylic acids is 1. The summed E-state index contributed by atoms with van der Waals surface area (Å²) in [6.45, 7) is 3.04. The fraction of sp³-hybridized carbons (Fsp3) is 0.231. The predicted molar refractivity (Wildman–Crippen MR) is 80.1 cm³/mol.